The van der Waals surface area contributed by atoms with Crippen LogP contribution in [0.4, 0.5) is 5.69 Å². The maximum absolute atomic E-state index is 12.0. The molecule has 1 aromatic carbocycles. The second-order valence-corrected chi connectivity index (χ2v) is 9.60. The molecule has 0 spiro atoms. The number of thioether (sulfide) groups is 1. The highest BCUT2D eigenvalue weighted by molar-refractivity contribution is 8.01. The van der Waals surface area contributed by atoms with Gasteiger partial charge < -0.3 is 15.4 Å². The standard InChI is InChI=1S/C16H18N2O6S2/c19-14(17-10-5-6-26(22,23)9-10)8-24-15(20)7-13-16(21)18-11-3-1-2-4-12(11)25-13/h1-4,10,13H,5-9H2,(H,17,19)(H,18,21). The second kappa shape index (κ2) is 7.67. The van der Waals surface area contributed by atoms with Crippen LogP contribution in [0, 0.1) is 0 Å². The number of carbonyl (C=O) groups excluding carboxylic acids is 3. The monoisotopic (exact) mass is 398 g/mol. The number of hydrogen-bond acceptors (Lipinski definition) is 7. The Morgan fingerprint density at radius 1 is 1.31 bits per heavy atom. The number of carbonyl (C=O) groups is 3. The molecule has 0 aromatic heterocycles. The number of esters is 1. The maximum Gasteiger partial charge on any atom is 0.307 e. The number of nitrogens with one attached hydrogen (secondary N) is 2. The van der Waals surface area contributed by atoms with Crippen molar-refractivity contribution in [2.24, 2.45) is 0 Å². The molecule has 2 heterocycles. The molecular weight excluding hydrogens is 380 g/mol. The van der Waals surface area contributed by atoms with E-state index < -0.39 is 39.6 Å². The van der Waals surface area contributed by atoms with Gasteiger partial charge in [-0.05, 0) is 18.6 Å². The van der Waals surface area contributed by atoms with E-state index in [1.54, 1.807) is 6.07 Å². The summed E-state index contributed by atoms with van der Waals surface area (Å²) < 4.78 is 27.6. The summed E-state index contributed by atoms with van der Waals surface area (Å²) in [6.07, 6.45) is 0.205. The van der Waals surface area contributed by atoms with Crippen LogP contribution < -0.4 is 10.6 Å². The van der Waals surface area contributed by atoms with Gasteiger partial charge in [0.15, 0.2) is 16.4 Å². The van der Waals surface area contributed by atoms with Crippen molar-refractivity contribution in [2.45, 2.75) is 29.0 Å². The summed E-state index contributed by atoms with van der Waals surface area (Å²) in [5, 5.41) is 4.64. The van der Waals surface area contributed by atoms with Crippen molar-refractivity contribution in [1.82, 2.24) is 5.32 Å². The highest BCUT2D eigenvalue weighted by Crippen LogP contribution is 2.36. The van der Waals surface area contributed by atoms with Crippen LogP contribution in [0.3, 0.4) is 0 Å². The average Bonchev–Trinajstić information content (AvgIpc) is 2.92. The SMILES string of the molecule is O=C(COC(=O)CC1Sc2ccccc2NC1=O)NC1CCS(=O)(=O)C1. The van der Waals surface area contributed by atoms with Crippen LogP contribution in [0.5, 0.6) is 0 Å². The number of rotatable bonds is 5. The summed E-state index contributed by atoms with van der Waals surface area (Å²) in [5.41, 5.74) is 0.706. The van der Waals surface area contributed by atoms with Crippen LogP contribution in [0.15, 0.2) is 29.2 Å². The van der Waals surface area contributed by atoms with E-state index in [1.807, 2.05) is 18.2 Å². The van der Waals surface area contributed by atoms with Gasteiger partial charge in [-0.25, -0.2) is 8.42 Å². The molecule has 1 aromatic rings. The van der Waals surface area contributed by atoms with Gasteiger partial charge in [-0.3, -0.25) is 14.4 Å². The lowest BCUT2D eigenvalue weighted by Crippen LogP contribution is -2.38. The fourth-order valence-corrected chi connectivity index (χ4v) is 5.53. The quantitative estimate of drug-likeness (QED) is 0.686. The van der Waals surface area contributed by atoms with Crippen molar-refractivity contribution in [2.75, 3.05) is 23.4 Å². The molecule has 0 aliphatic carbocycles. The van der Waals surface area contributed by atoms with Gasteiger partial charge in [0.05, 0.1) is 28.9 Å². The first-order chi connectivity index (χ1) is 12.3. The molecule has 2 atom stereocenters. The average molecular weight is 398 g/mol. The van der Waals surface area contributed by atoms with E-state index in [0.29, 0.717) is 12.1 Å². The van der Waals surface area contributed by atoms with Gasteiger partial charge in [0, 0.05) is 10.9 Å². The third-order valence-corrected chi connectivity index (χ3v) is 7.06. The van der Waals surface area contributed by atoms with Gasteiger partial charge in [0.1, 0.15) is 0 Å². The van der Waals surface area contributed by atoms with E-state index in [2.05, 4.69) is 10.6 Å². The predicted molar refractivity (Wildman–Crippen MR) is 95.5 cm³/mol. The van der Waals surface area contributed by atoms with Gasteiger partial charge in [0.2, 0.25) is 5.91 Å². The van der Waals surface area contributed by atoms with Gasteiger partial charge in [-0.1, -0.05) is 12.1 Å². The smallest absolute Gasteiger partial charge is 0.307 e. The zero-order valence-electron chi connectivity index (χ0n) is 13.8. The van der Waals surface area contributed by atoms with Crippen molar-refractivity contribution in [3.05, 3.63) is 24.3 Å². The van der Waals surface area contributed by atoms with Crippen molar-refractivity contribution < 1.29 is 27.5 Å². The molecule has 26 heavy (non-hydrogen) atoms. The van der Waals surface area contributed by atoms with Gasteiger partial charge >= 0.3 is 5.97 Å². The number of ether oxygens (including phenoxy) is 1. The molecule has 0 bridgehead atoms. The fourth-order valence-electron chi connectivity index (χ4n) is 2.76. The fraction of sp³-hybridized carbons (Fsp3) is 0.438. The number of amides is 2. The van der Waals surface area contributed by atoms with E-state index in [-0.39, 0.29) is 23.8 Å². The van der Waals surface area contributed by atoms with E-state index in [4.69, 9.17) is 4.74 Å². The van der Waals surface area contributed by atoms with E-state index in [0.717, 1.165) is 4.90 Å². The van der Waals surface area contributed by atoms with Gasteiger partial charge in [-0.2, -0.15) is 0 Å². The van der Waals surface area contributed by atoms with Crippen LogP contribution in [-0.4, -0.2) is 55.6 Å². The molecule has 10 heteroatoms. The van der Waals surface area contributed by atoms with Crippen LogP contribution in [0.25, 0.3) is 0 Å². The third kappa shape index (κ3) is 4.76. The summed E-state index contributed by atoms with van der Waals surface area (Å²) in [7, 11) is -3.09. The number of para-hydroxylation sites is 1. The predicted octanol–water partition coefficient (Wildman–Crippen LogP) is 0.336. The van der Waals surface area contributed by atoms with Crippen molar-refractivity contribution >= 4 is 45.1 Å². The van der Waals surface area contributed by atoms with Crippen molar-refractivity contribution in [3.63, 3.8) is 0 Å². The minimum atomic E-state index is -3.09. The summed E-state index contributed by atoms with van der Waals surface area (Å²) in [6.45, 7) is -0.495. The van der Waals surface area contributed by atoms with Gasteiger partial charge in [-0.15, -0.1) is 11.8 Å². The Morgan fingerprint density at radius 2 is 2.08 bits per heavy atom. The highest BCUT2D eigenvalue weighted by Gasteiger charge is 2.31. The largest absolute Gasteiger partial charge is 0.456 e. The normalized spacial score (nSPS) is 23.6. The molecule has 140 valence electrons. The first kappa shape index (κ1) is 18.7. The zero-order chi connectivity index (χ0) is 18.7. The first-order valence-electron chi connectivity index (χ1n) is 8.04. The molecule has 1 saturated heterocycles. The summed E-state index contributed by atoms with van der Waals surface area (Å²) in [6, 6.07) is 6.83. The molecule has 3 rings (SSSR count). The number of sulfone groups is 1. The molecule has 2 amide bonds. The van der Waals surface area contributed by atoms with E-state index in [9.17, 15) is 22.8 Å². The summed E-state index contributed by atoms with van der Waals surface area (Å²) in [5.74, 6) is -1.54. The first-order valence-corrected chi connectivity index (χ1v) is 10.7. The lowest BCUT2D eigenvalue weighted by molar-refractivity contribution is -0.149. The van der Waals surface area contributed by atoms with Gasteiger partial charge in [0.25, 0.3) is 5.91 Å². The molecule has 8 nitrogen and oxygen atoms in total. The number of fused-ring (bicyclic) bond motifs is 1. The number of anilines is 1. The zero-order valence-corrected chi connectivity index (χ0v) is 15.4. The molecule has 2 aliphatic rings. The maximum atomic E-state index is 12.0. The molecule has 0 saturated carbocycles. The minimum absolute atomic E-state index is 0.0488. The number of benzene rings is 1. The van der Waals surface area contributed by atoms with Crippen LogP contribution in [-0.2, 0) is 29.0 Å². The lowest BCUT2D eigenvalue weighted by Gasteiger charge is -2.23. The molecular formula is C16H18N2O6S2. The van der Waals surface area contributed by atoms with Crippen LogP contribution >= 0.6 is 11.8 Å². The highest BCUT2D eigenvalue weighted by atomic mass is 32.2. The Labute approximate surface area is 155 Å². The Bertz CT molecular complexity index is 839. The molecule has 0 radical (unpaired) electrons. The molecule has 2 unspecified atom stereocenters. The Morgan fingerprint density at radius 3 is 2.81 bits per heavy atom. The van der Waals surface area contributed by atoms with Crippen molar-refractivity contribution in [1.29, 1.82) is 0 Å². The lowest BCUT2D eigenvalue weighted by atomic mass is 10.2. The topological polar surface area (TPSA) is 119 Å². The Balaban J connectivity index is 1.44. The van der Waals surface area contributed by atoms with E-state index >= 15 is 0 Å². The van der Waals surface area contributed by atoms with E-state index in [1.165, 1.54) is 11.8 Å². The molecule has 2 aliphatic heterocycles. The minimum Gasteiger partial charge on any atom is -0.456 e. The summed E-state index contributed by atoms with van der Waals surface area (Å²) >= 11 is 1.27. The Kier molecular flexibility index (Phi) is 5.52. The summed E-state index contributed by atoms with van der Waals surface area (Å²) in [4.78, 5) is 36.6. The molecule has 1 fully saturated rings. The second-order valence-electron chi connectivity index (χ2n) is 6.12. The Hall–Kier alpha value is -2.07. The van der Waals surface area contributed by atoms with Crippen LogP contribution in [0.1, 0.15) is 12.8 Å². The molecule has 2 N–H and O–H groups in total. The number of hydrogen-bond donors (Lipinski definition) is 2. The van der Waals surface area contributed by atoms with Crippen LogP contribution in [0.2, 0.25) is 0 Å². The third-order valence-electron chi connectivity index (χ3n) is 4.02. The van der Waals surface area contributed by atoms with Crippen molar-refractivity contribution in [3.8, 4) is 0 Å².